The Labute approximate surface area is 152 Å². The Hall–Kier alpha value is -2.63. The number of carbonyl (C=O) groups excluding carboxylic acids is 2. The Morgan fingerprint density at radius 3 is 2.15 bits per heavy atom. The Bertz CT molecular complexity index is 868. The number of para-hydroxylation sites is 1. The van der Waals surface area contributed by atoms with Crippen LogP contribution in [-0.4, -0.2) is 66.3 Å². The molecule has 1 heterocycles. The van der Waals surface area contributed by atoms with Crippen LogP contribution in [0.1, 0.15) is 20.7 Å². The van der Waals surface area contributed by atoms with E-state index >= 15 is 0 Å². The Balaban J connectivity index is 1.81. The molecule has 1 fully saturated rings. The van der Waals surface area contributed by atoms with Gasteiger partial charge in [-0.25, -0.2) is 4.99 Å². The smallest absolute Gasteiger partial charge is 0.210 e. The van der Waals surface area contributed by atoms with E-state index in [1.165, 1.54) is 0 Å². The molecule has 0 saturated carbocycles. The van der Waals surface area contributed by atoms with Gasteiger partial charge in [0.2, 0.25) is 5.78 Å². The third kappa shape index (κ3) is 3.00. The van der Waals surface area contributed by atoms with E-state index in [1.54, 1.807) is 18.2 Å². The van der Waals surface area contributed by atoms with Crippen LogP contribution >= 0.6 is 0 Å². The maximum absolute atomic E-state index is 13.3. The third-order valence-corrected chi connectivity index (χ3v) is 5.09. The molecule has 1 aliphatic heterocycles. The highest BCUT2D eigenvalue weighted by atomic mass is 16.1. The zero-order valence-electron chi connectivity index (χ0n) is 14.8. The average molecular weight is 347 g/mol. The van der Waals surface area contributed by atoms with Crippen molar-refractivity contribution in [1.82, 2.24) is 9.80 Å². The molecule has 26 heavy (non-hydrogen) atoms. The van der Waals surface area contributed by atoms with Crippen molar-refractivity contribution in [1.29, 1.82) is 0 Å². The highest BCUT2D eigenvalue weighted by molar-refractivity contribution is 6.55. The Morgan fingerprint density at radius 2 is 1.46 bits per heavy atom. The van der Waals surface area contributed by atoms with Gasteiger partial charge < -0.3 is 4.90 Å². The number of nitrogens with zero attached hydrogens (tertiary/aromatic N) is 3. The lowest BCUT2D eigenvalue weighted by atomic mass is 9.83. The molecule has 2 aromatic rings. The van der Waals surface area contributed by atoms with Crippen molar-refractivity contribution in [3.8, 4) is 0 Å². The molecule has 2 aromatic carbocycles. The predicted molar refractivity (Wildman–Crippen MR) is 101 cm³/mol. The first-order chi connectivity index (χ1) is 12.6. The van der Waals surface area contributed by atoms with Gasteiger partial charge in [-0.2, -0.15) is 0 Å². The Morgan fingerprint density at radius 1 is 0.846 bits per heavy atom. The minimum atomic E-state index is -0.605. The summed E-state index contributed by atoms with van der Waals surface area (Å²) in [6.07, 6.45) is 0. The SMILES string of the molecule is CN1CCN(C2C(=O)c3ccccc3C(=O)C2=Nc2ccccc2)CC1. The normalized spacial score (nSPS) is 23.3. The molecule has 4 rings (SSSR count). The standard InChI is InChI=1S/C21H21N3O2/c1-23-11-13-24(14-12-23)19-18(22-15-7-3-2-4-8-15)20(25)16-9-5-6-10-17(16)21(19)26/h2-10,19H,11-14H2,1H3. The molecule has 0 aromatic heterocycles. The summed E-state index contributed by atoms with van der Waals surface area (Å²) in [5.74, 6) is -0.174. The van der Waals surface area contributed by atoms with Crippen LogP contribution < -0.4 is 0 Å². The lowest BCUT2D eigenvalue weighted by molar-refractivity contribution is 0.0778. The van der Waals surface area contributed by atoms with E-state index < -0.39 is 6.04 Å². The van der Waals surface area contributed by atoms with Gasteiger partial charge in [0.05, 0.1) is 5.69 Å². The van der Waals surface area contributed by atoms with Gasteiger partial charge in [0, 0.05) is 37.3 Å². The van der Waals surface area contributed by atoms with Gasteiger partial charge in [-0.3, -0.25) is 14.5 Å². The molecular weight excluding hydrogens is 326 g/mol. The van der Waals surface area contributed by atoms with Crippen LogP contribution in [0.4, 0.5) is 5.69 Å². The minimum Gasteiger partial charge on any atom is -0.304 e. The van der Waals surface area contributed by atoms with Crippen molar-refractivity contribution in [2.45, 2.75) is 6.04 Å². The second-order valence-corrected chi connectivity index (χ2v) is 6.81. The van der Waals surface area contributed by atoms with Gasteiger partial charge in [-0.05, 0) is 19.2 Å². The van der Waals surface area contributed by atoms with E-state index in [9.17, 15) is 9.59 Å². The largest absolute Gasteiger partial charge is 0.304 e. The molecule has 1 saturated heterocycles. The number of ketones is 2. The zero-order chi connectivity index (χ0) is 18.1. The van der Waals surface area contributed by atoms with Crippen molar-refractivity contribution in [3.63, 3.8) is 0 Å². The van der Waals surface area contributed by atoms with Crippen LogP contribution in [0, 0.1) is 0 Å². The van der Waals surface area contributed by atoms with E-state index in [0.717, 1.165) is 26.2 Å². The minimum absolute atomic E-state index is 0.0283. The number of hydrogen-bond donors (Lipinski definition) is 0. The van der Waals surface area contributed by atoms with Crippen LogP contribution in [0.2, 0.25) is 0 Å². The quantitative estimate of drug-likeness (QED) is 0.837. The number of rotatable bonds is 2. The fourth-order valence-electron chi connectivity index (χ4n) is 3.60. The number of likely N-dealkylation sites (N-methyl/N-ethyl adjacent to an activating group) is 1. The lowest BCUT2D eigenvalue weighted by Gasteiger charge is -2.39. The number of aliphatic imine (C=N–C) groups is 1. The molecule has 5 nitrogen and oxygen atoms in total. The summed E-state index contributed by atoms with van der Waals surface area (Å²) in [6, 6.07) is 15.8. The fourth-order valence-corrected chi connectivity index (χ4v) is 3.60. The van der Waals surface area contributed by atoms with Crippen molar-refractivity contribution in [2.75, 3.05) is 33.2 Å². The van der Waals surface area contributed by atoms with Crippen LogP contribution in [-0.2, 0) is 0 Å². The molecular formula is C21H21N3O2. The molecule has 0 radical (unpaired) electrons. The summed E-state index contributed by atoms with van der Waals surface area (Å²) < 4.78 is 0. The van der Waals surface area contributed by atoms with Gasteiger partial charge >= 0.3 is 0 Å². The highest BCUT2D eigenvalue weighted by Crippen LogP contribution is 2.26. The Kier molecular flexibility index (Phi) is 4.49. The first-order valence-corrected chi connectivity index (χ1v) is 8.89. The van der Waals surface area contributed by atoms with Crippen LogP contribution in [0.15, 0.2) is 59.6 Å². The summed E-state index contributed by atoms with van der Waals surface area (Å²) in [7, 11) is 2.07. The highest BCUT2D eigenvalue weighted by Gasteiger charge is 2.42. The summed E-state index contributed by atoms with van der Waals surface area (Å²) in [4.78, 5) is 35.4. The topological polar surface area (TPSA) is 53.0 Å². The lowest BCUT2D eigenvalue weighted by Crippen LogP contribution is -2.57. The molecule has 0 amide bonds. The van der Waals surface area contributed by atoms with E-state index in [1.807, 2.05) is 36.4 Å². The fraction of sp³-hybridized carbons (Fsp3) is 0.286. The summed E-state index contributed by atoms with van der Waals surface area (Å²) in [5.41, 5.74) is 2.00. The van der Waals surface area contributed by atoms with E-state index in [0.29, 0.717) is 22.5 Å². The number of piperazine rings is 1. The number of benzene rings is 2. The molecule has 0 spiro atoms. The maximum atomic E-state index is 13.3. The molecule has 1 unspecified atom stereocenters. The van der Waals surface area contributed by atoms with Crippen molar-refractivity contribution < 1.29 is 9.59 Å². The number of carbonyl (C=O) groups is 2. The van der Waals surface area contributed by atoms with Gasteiger partial charge in [0.15, 0.2) is 5.78 Å². The molecule has 0 N–H and O–H groups in total. The monoisotopic (exact) mass is 347 g/mol. The molecule has 0 bridgehead atoms. The second kappa shape index (κ2) is 6.94. The maximum Gasteiger partial charge on any atom is 0.210 e. The van der Waals surface area contributed by atoms with Crippen molar-refractivity contribution >= 4 is 23.0 Å². The summed E-state index contributed by atoms with van der Waals surface area (Å²) in [5, 5.41) is 0. The first kappa shape index (κ1) is 16.8. The van der Waals surface area contributed by atoms with Gasteiger partial charge in [-0.15, -0.1) is 0 Å². The number of hydrogen-bond acceptors (Lipinski definition) is 5. The van der Waals surface area contributed by atoms with Crippen molar-refractivity contribution in [2.24, 2.45) is 4.99 Å². The van der Waals surface area contributed by atoms with E-state index in [2.05, 4.69) is 21.8 Å². The van der Waals surface area contributed by atoms with Crippen molar-refractivity contribution in [3.05, 3.63) is 65.7 Å². The molecule has 132 valence electrons. The van der Waals surface area contributed by atoms with Crippen LogP contribution in [0.3, 0.4) is 0 Å². The summed E-state index contributed by atoms with van der Waals surface area (Å²) in [6.45, 7) is 3.24. The zero-order valence-corrected chi connectivity index (χ0v) is 14.8. The molecule has 5 heteroatoms. The predicted octanol–water partition coefficient (Wildman–Crippen LogP) is 2.45. The van der Waals surface area contributed by atoms with E-state index in [-0.39, 0.29) is 11.6 Å². The number of Topliss-reactive ketones (excluding diaryl/α,β-unsaturated/α-hetero) is 2. The van der Waals surface area contributed by atoms with E-state index in [4.69, 9.17) is 0 Å². The molecule has 1 atom stereocenters. The van der Waals surface area contributed by atoms with Gasteiger partial charge in [0.1, 0.15) is 11.8 Å². The second-order valence-electron chi connectivity index (χ2n) is 6.81. The summed E-state index contributed by atoms with van der Waals surface area (Å²) >= 11 is 0. The van der Waals surface area contributed by atoms with Gasteiger partial charge in [-0.1, -0.05) is 42.5 Å². The third-order valence-electron chi connectivity index (χ3n) is 5.09. The van der Waals surface area contributed by atoms with Crippen LogP contribution in [0.25, 0.3) is 0 Å². The molecule has 2 aliphatic rings. The number of fused-ring (bicyclic) bond motifs is 1. The average Bonchev–Trinajstić information content (AvgIpc) is 2.68. The first-order valence-electron chi connectivity index (χ1n) is 8.89. The van der Waals surface area contributed by atoms with Gasteiger partial charge in [0.25, 0.3) is 0 Å². The van der Waals surface area contributed by atoms with Crippen LogP contribution in [0.5, 0.6) is 0 Å². The molecule has 1 aliphatic carbocycles.